The van der Waals surface area contributed by atoms with Crippen LogP contribution < -0.4 is 5.73 Å². The van der Waals surface area contributed by atoms with E-state index in [2.05, 4.69) is 0 Å². The summed E-state index contributed by atoms with van der Waals surface area (Å²) >= 11 is 0. The van der Waals surface area contributed by atoms with Crippen molar-refractivity contribution in [2.75, 3.05) is 6.54 Å². The van der Waals surface area contributed by atoms with Crippen LogP contribution in [-0.4, -0.2) is 31.4 Å². The molecule has 1 aliphatic rings. The van der Waals surface area contributed by atoms with Gasteiger partial charge >= 0.3 is 0 Å². The Bertz CT molecular complexity index is 620. The molecule has 0 unspecified atom stereocenters. The second kappa shape index (κ2) is 5.92. The minimum absolute atomic E-state index is 0.167. The fourth-order valence-electron chi connectivity index (χ4n) is 2.62. The number of nitriles is 1. The molecular formula is C14H19N3O2S. The molecule has 2 rings (SSSR count). The Balaban J connectivity index is 2.40. The van der Waals surface area contributed by atoms with Crippen molar-refractivity contribution in [3.05, 3.63) is 29.8 Å². The molecule has 2 atom stereocenters. The summed E-state index contributed by atoms with van der Waals surface area (Å²) in [6, 6.07) is 7.74. The third-order valence-corrected chi connectivity index (χ3v) is 5.60. The SMILES string of the molecule is C[C@H](N)[C@H]1CCCCN1S(=O)(=O)c1cccc(C#N)c1. The van der Waals surface area contributed by atoms with Crippen LogP contribution >= 0.6 is 0 Å². The lowest BCUT2D eigenvalue weighted by Gasteiger charge is -2.36. The highest BCUT2D eigenvalue weighted by atomic mass is 32.2. The maximum absolute atomic E-state index is 12.7. The van der Waals surface area contributed by atoms with Crippen LogP contribution in [0.5, 0.6) is 0 Å². The van der Waals surface area contributed by atoms with Crippen molar-refractivity contribution in [2.24, 2.45) is 5.73 Å². The quantitative estimate of drug-likeness (QED) is 0.913. The zero-order valence-electron chi connectivity index (χ0n) is 11.5. The smallest absolute Gasteiger partial charge is 0.243 e. The minimum Gasteiger partial charge on any atom is -0.326 e. The molecule has 1 aromatic rings. The third-order valence-electron chi connectivity index (χ3n) is 3.67. The lowest BCUT2D eigenvalue weighted by Crippen LogP contribution is -2.51. The highest BCUT2D eigenvalue weighted by molar-refractivity contribution is 7.89. The highest BCUT2D eigenvalue weighted by Gasteiger charge is 2.35. The number of piperidine rings is 1. The lowest BCUT2D eigenvalue weighted by molar-refractivity contribution is 0.227. The molecule has 0 aliphatic carbocycles. The van der Waals surface area contributed by atoms with Gasteiger partial charge in [0.15, 0.2) is 0 Å². The average Bonchev–Trinajstić information content (AvgIpc) is 2.47. The molecule has 1 saturated heterocycles. The molecule has 0 aromatic heterocycles. The second-order valence-corrected chi connectivity index (χ2v) is 7.07. The van der Waals surface area contributed by atoms with E-state index in [0.717, 1.165) is 19.3 Å². The van der Waals surface area contributed by atoms with Crippen molar-refractivity contribution in [1.29, 1.82) is 5.26 Å². The standard InChI is InChI=1S/C14H19N3O2S/c1-11(16)14-7-2-3-8-17(14)20(18,19)13-6-4-5-12(9-13)10-15/h4-6,9,11,14H,2-3,7-8,16H2,1H3/t11-,14+/m0/s1. The Labute approximate surface area is 120 Å². The van der Waals surface area contributed by atoms with E-state index in [1.54, 1.807) is 12.1 Å². The highest BCUT2D eigenvalue weighted by Crippen LogP contribution is 2.26. The summed E-state index contributed by atoms with van der Waals surface area (Å²) in [7, 11) is -3.59. The van der Waals surface area contributed by atoms with E-state index >= 15 is 0 Å². The maximum Gasteiger partial charge on any atom is 0.243 e. The zero-order chi connectivity index (χ0) is 14.8. The largest absolute Gasteiger partial charge is 0.326 e. The molecule has 1 aliphatic heterocycles. The van der Waals surface area contributed by atoms with E-state index in [9.17, 15) is 8.42 Å². The molecule has 1 fully saturated rings. The second-order valence-electron chi connectivity index (χ2n) is 5.18. The Morgan fingerprint density at radius 2 is 2.20 bits per heavy atom. The van der Waals surface area contributed by atoms with Gasteiger partial charge in [0.05, 0.1) is 16.5 Å². The van der Waals surface area contributed by atoms with Gasteiger partial charge in [-0.1, -0.05) is 12.5 Å². The molecule has 1 heterocycles. The van der Waals surface area contributed by atoms with E-state index in [1.807, 2.05) is 13.0 Å². The fourth-order valence-corrected chi connectivity index (χ4v) is 4.44. The first kappa shape index (κ1) is 15.0. The van der Waals surface area contributed by atoms with Gasteiger partial charge in [-0.25, -0.2) is 8.42 Å². The number of nitrogens with two attached hydrogens (primary N) is 1. The van der Waals surface area contributed by atoms with Gasteiger partial charge in [0.2, 0.25) is 10.0 Å². The molecule has 6 heteroatoms. The van der Waals surface area contributed by atoms with Gasteiger partial charge in [-0.3, -0.25) is 0 Å². The third kappa shape index (κ3) is 2.85. The van der Waals surface area contributed by atoms with Crippen LogP contribution in [0.15, 0.2) is 29.2 Å². The monoisotopic (exact) mass is 293 g/mol. The number of hydrogen-bond acceptors (Lipinski definition) is 4. The Morgan fingerprint density at radius 1 is 1.45 bits per heavy atom. The van der Waals surface area contributed by atoms with Crippen LogP contribution in [-0.2, 0) is 10.0 Å². The molecule has 0 bridgehead atoms. The number of sulfonamides is 1. The van der Waals surface area contributed by atoms with Crippen molar-refractivity contribution >= 4 is 10.0 Å². The van der Waals surface area contributed by atoms with Gasteiger partial charge < -0.3 is 5.73 Å². The van der Waals surface area contributed by atoms with E-state index in [1.165, 1.54) is 16.4 Å². The van der Waals surface area contributed by atoms with E-state index in [-0.39, 0.29) is 17.0 Å². The summed E-state index contributed by atoms with van der Waals surface area (Å²) in [4.78, 5) is 0.170. The van der Waals surface area contributed by atoms with Crippen LogP contribution in [0.4, 0.5) is 0 Å². The predicted molar refractivity (Wildman–Crippen MR) is 76.3 cm³/mol. The van der Waals surface area contributed by atoms with E-state index in [4.69, 9.17) is 11.0 Å². The van der Waals surface area contributed by atoms with Gasteiger partial charge in [-0.2, -0.15) is 9.57 Å². The van der Waals surface area contributed by atoms with Crippen LogP contribution in [0.1, 0.15) is 31.7 Å². The molecule has 20 heavy (non-hydrogen) atoms. The molecule has 2 N–H and O–H groups in total. The number of benzene rings is 1. The average molecular weight is 293 g/mol. The minimum atomic E-state index is -3.59. The lowest BCUT2D eigenvalue weighted by atomic mass is 10.00. The first-order chi connectivity index (χ1) is 9.46. The summed E-state index contributed by atoms with van der Waals surface area (Å²) in [5.74, 6) is 0. The molecule has 0 saturated carbocycles. The molecular weight excluding hydrogens is 274 g/mol. The van der Waals surface area contributed by atoms with Crippen LogP contribution in [0.25, 0.3) is 0 Å². The normalized spacial score (nSPS) is 22.1. The first-order valence-corrected chi connectivity index (χ1v) is 8.18. The van der Waals surface area contributed by atoms with Crippen LogP contribution in [0, 0.1) is 11.3 Å². The molecule has 0 spiro atoms. The van der Waals surface area contributed by atoms with Gasteiger partial charge in [-0.15, -0.1) is 0 Å². The summed E-state index contributed by atoms with van der Waals surface area (Å²) in [5, 5.41) is 8.90. The zero-order valence-corrected chi connectivity index (χ0v) is 12.3. The topological polar surface area (TPSA) is 87.2 Å². The summed E-state index contributed by atoms with van der Waals surface area (Å²) in [6.45, 7) is 2.33. The molecule has 5 nitrogen and oxygen atoms in total. The predicted octanol–water partition coefficient (Wildman–Crippen LogP) is 1.45. The van der Waals surface area contributed by atoms with Gasteiger partial charge in [0, 0.05) is 18.6 Å². The van der Waals surface area contributed by atoms with Gasteiger partial charge in [-0.05, 0) is 38.0 Å². The van der Waals surface area contributed by atoms with Crippen molar-refractivity contribution in [1.82, 2.24) is 4.31 Å². The van der Waals surface area contributed by atoms with Crippen molar-refractivity contribution < 1.29 is 8.42 Å². The van der Waals surface area contributed by atoms with Crippen LogP contribution in [0.2, 0.25) is 0 Å². The Kier molecular flexibility index (Phi) is 4.43. The van der Waals surface area contributed by atoms with Crippen molar-refractivity contribution in [3.63, 3.8) is 0 Å². The van der Waals surface area contributed by atoms with E-state index < -0.39 is 10.0 Å². The molecule has 1 aromatic carbocycles. The van der Waals surface area contributed by atoms with Crippen molar-refractivity contribution in [2.45, 2.75) is 43.2 Å². The number of hydrogen-bond donors (Lipinski definition) is 1. The molecule has 0 radical (unpaired) electrons. The Morgan fingerprint density at radius 3 is 2.85 bits per heavy atom. The number of rotatable bonds is 3. The first-order valence-electron chi connectivity index (χ1n) is 6.74. The Hall–Kier alpha value is -1.42. The summed E-state index contributed by atoms with van der Waals surface area (Å²) < 4.78 is 27.0. The number of nitrogens with zero attached hydrogens (tertiary/aromatic N) is 2. The maximum atomic E-state index is 12.7. The summed E-state index contributed by atoms with van der Waals surface area (Å²) in [5.41, 5.74) is 6.28. The molecule has 108 valence electrons. The van der Waals surface area contributed by atoms with Gasteiger partial charge in [0.1, 0.15) is 0 Å². The summed E-state index contributed by atoms with van der Waals surface area (Å²) in [6.07, 6.45) is 2.63. The molecule has 0 amide bonds. The van der Waals surface area contributed by atoms with Crippen molar-refractivity contribution in [3.8, 4) is 6.07 Å². The van der Waals surface area contributed by atoms with E-state index in [0.29, 0.717) is 12.1 Å². The van der Waals surface area contributed by atoms with Gasteiger partial charge in [0.25, 0.3) is 0 Å². The van der Waals surface area contributed by atoms with Crippen LogP contribution in [0.3, 0.4) is 0 Å². The fraction of sp³-hybridized carbons (Fsp3) is 0.500.